The molecule has 0 bridgehead atoms. The summed E-state index contributed by atoms with van der Waals surface area (Å²) in [6.45, 7) is 4.92. The number of anilines is 1. The van der Waals surface area contributed by atoms with Crippen LogP contribution in [-0.2, 0) is 6.54 Å². The van der Waals surface area contributed by atoms with E-state index in [1.54, 1.807) is 22.8 Å². The molecule has 4 heteroatoms. The lowest BCUT2D eigenvalue weighted by molar-refractivity contribution is 0.587. The maximum absolute atomic E-state index is 12.8. The number of fused-ring (bicyclic) bond motifs is 2. The topological polar surface area (TPSA) is 60.9 Å². The van der Waals surface area contributed by atoms with Crippen molar-refractivity contribution in [3.63, 3.8) is 0 Å². The second-order valence-corrected chi connectivity index (χ2v) is 6.80. The Hall–Kier alpha value is -2.88. The standard InChI is InChI=1S/C21H21N3O/c1-13-5-6-15(14(2)10-13)11-16-4-3-9-24-20(16)23-19-12-17(22)7-8-18(19)21(24)25/h5-8,10-12H,3-4,9,22H2,1-2H3. The summed E-state index contributed by atoms with van der Waals surface area (Å²) >= 11 is 0. The molecule has 2 aromatic carbocycles. The fraction of sp³-hybridized carbons (Fsp3) is 0.238. The molecule has 3 aromatic rings. The van der Waals surface area contributed by atoms with Crippen molar-refractivity contribution >= 4 is 28.2 Å². The van der Waals surface area contributed by atoms with Crippen molar-refractivity contribution in [1.82, 2.24) is 9.55 Å². The number of nitrogens with zero attached hydrogens (tertiary/aromatic N) is 2. The van der Waals surface area contributed by atoms with Gasteiger partial charge in [-0.2, -0.15) is 0 Å². The molecule has 1 aliphatic rings. The summed E-state index contributed by atoms with van der Waals surface area (Å²) < 4.78 is 1.80. The smallest absolute Gasteiger partial charge is 0.261 e. The van der Waals surface area contributed by atoms with E-state index in [9.17, 15) is 4.79 Å². The van der Waals surface area contributed by atoms with Crippen LogP contribution in [0.4, 0.5) is 5.69 Å². The van der Waals surface area contributed by atoms with Gasteiger partial charge in [0.25, 0.3) is 5.56 Å². The second kappa shape index (κ2) is 5.88. The van der Waals surface area contributed by atoms with Crippen LogP contribution in [-0.4, -0.2) is 9.55 Å². The van der Waals surface area contributed by atoms with Gasteiger partial charge in [0.05, 0.1) is 10.9 Å². The van der Waals surface area contributed by atoms with Crippen LogP contribution in [0.15, 0.2) is 41.2 Å². The first-order chi connectivity index (χ1) is 12.0. The van der Waals surface area contributed by atoms with Crippen molar-refractivity contribution in [3.05, 3.63) is 69.3 Å². The van der Waals surface area contributed by atoms with Gasteiger partial charge in [-0.15, -0.1) is 0 Å². The molecule has 0 aliphatic carbocycles. The van der Waals surface area contributed by atoms with Gasteiger partial charge < -0.3 is 5.73 Å². The Morgan fingerprint density at radius 3 is 2.80 bits per heavy atom. The molecule has 4 rings (SSSR count). The van der Waals surface area contributed by atoms with Crippen LogP contribution in [0.25, 0.3) is 22.6 Å². The number of nitrogen functional groups attached to an aromatic ring is 1. The lowest BCUT2D eigenvalue weighted by Gasteiger charge is -2.21. The average Bonchev–Trinajstić information content (AvgIpc) is 2.58. The highest BCUT2D eigenvalue weighted by atomic mass is 16.1. The average molecular weight is 331 g/mol. The van der Waals surface area contributed by atoms with Gasteiger partial charge in [-0.25, -0.2) is 4.98 Å². The first-order valence-corrected chi connectivity index (χ1v) is 8.61. The Morgan fingerprint density at radius 2 is 2.00 bits per heavy atom. The Balaban J connectivity index is 1.93. The largest absolute Gasteiger partial charge is 0.399 e. The van der Waals surface area contributed by atoms with Crippen LogP contribution < -0.4 is 11.3 Å². The molecule has 0 atom stereocenters. The minimum absolute atomic E-state index is 0.0197. The van der Waals surface area contributed by atoms with Gasteiger partial charge in [-0.05, 0) is 67.7 Å². The Labute approximate surface area is 146 Å². The summed E-state index contributed by atoms with van der Waals surface area (Å²) in [4.78, 5) is 17.6. The molecule has 2 heterocycles. The third-order valence-electron chi connectivity index (χ3n) is 4.85. The number of aryl methyl sites for hydroxylation is 2. The zero-order valence-electron chi connectivity index (χ0n) is 14.5. The van der Waals surface area contributed by atoms with E-state index in [2.05, 4.69) is 38.1 Å². The molecule has 0 unspecified atom stereocenters. The third kappa shape index (κ3) is 2.74. The highest BCUT2D eigenvalue weighted by Crippen LogP contribution is 2.28. The Bertz CT molecular complexity index is 1080. The van der Waals surface area contributed by atoms with E-state index in [1.807, 2.05) is 0 Å². The zero-order chi connectivity index (χ0) is 17.6. The molecule has 2 N–H and O–H groups in total. The summed E-state index contributed by atoms with van der Waals surface area (Å²) in [5, 5.41) is 0.630. The first kappa shape index (κ1) is 15.6. The fourth-order valence-electron chi connectivity index (χ4n) is 3.54. The molecule has 0 radical (unpaired) electrons. The highest BCUT2D eigenvalue weighted by molar-refractivity contribution is 5.85. The molecule has 4 nitrogen and oxygen atoms in total. The summed E-state index contributed by atoms with van der Waals surface area (Å²) in [6.07, 6.45) is 4.05. The SMILES string of the molecule is Cc1ccc(C=C2CCCn3c2nc2cc(N)ccc2c3=O)c(C)c1. The molecule has 0 fully saturated rings. The molecular formula is C21H21N3O. The highest BCUT2D eigenvalue weighted by Gasteiger charge is 2.19. The predicted octanol–water partition coefficient (Wildman–Crippen LogP) is 3.93. The molecule has 1 aromatic heterocycles. The van der Waals surface area contributed by atoms with Gasteiger partial charge in [-0.3, -0.25) is 9.36 Å². The monoisotopic (exact) mass is 331 g/mol. The van der Waals surface area contributed by atoms with Gasteiger partial charge in [0.2, 0.25) is 0 Å². The third-order valence-corrected chi connectivity index (χ3v) is 4.85. The normalized spacial score (nSPS) is 15.5. The van der Waals surface area contributed by atoms with E-state index in [0.717, 1.165) is 24.2 Å². The molecule has 1 aliphatic heterocycles. The Morgan fingerprint density at radius 1 is 1.16 bits per heavy atom. The number of nitrogens with two attached hydrogens (primary N) is 1. The van der Waals surface area contributed by atoms with Crippen LogP contribution in [0, 0.1) is 13.8 Å². The van der Waals surface area contributed by atoms with E-state index in [4.69, 9.17) is 10.7 Å². The summed E-state index contributed by atoms with van der Waals surface area (Å²) in [6, 6.07) is 11.7. The van der Waals surface area contributed by atoms with Crippen molar-refractivity contribution in [2.75, 3.05) is 5.73 Å². The number of benzene rings is 2. The zero-order valence-corrected chi connectivity index (χ0v) is 14.5. The van der Waals surface area contributed by atoms with Crippen molar-refractivity contribution in [2.24, 2.45) is 0 Å². The van der Waals surface area contributed by atoms with E-state index in [1.165, 1.54) is 16.7 Å². The molecule has 25 heavy (non-hydrogen) atoms. The molecule has 0 spiro atoms. The lowest BCUT2D eigenvalue weighted by atomic mass is 9.98. The number of hydrogen-bond donors (Lipinski definition) is 1. The van der Waals surface area contributed by atoms with Crippen LogP contribution in [0.2, 0.25) is 0 Å². The maximum Gasteiger partial charge on any atom is 0.261 e. The van der Waals surface area contributed by atoms with Gasteiger partial charge in [0.1, 0.15) is 5.82 Å². The van der Waals surface area contributed by atoms with Crippen LogP contribution in [0.5, 0.6) is 0 Å². The molecular weight excluding hydrogens is 310 g/mol. The summed E-state index contributed by atoms with van der Waals surface area (Å²) in [5.41, 5.74) is 12.0. The predicted molar refractivity (Wildman–Crippen MR) is 103 cm³/mol. The van der Waals surface area contributed by atoms with Gasteiger partial charge in [0.15, 0.2) is 0 Å². The van der Waals surface area contributed by atoms with Gasteiger partial charge in [0, 0.05) is 12.2 Å². The van der Waals surface area contributed by atoms with E-state index in [-0.39, 0.29) is 5.56 Å². The summed E-state index contributed by atoms with van der Waals surface area (Å²) in [7, 11) is 0. The summed E-state index contributed by atoms with van der Waals surface area (Å²) in [5.74, 6) is 0.773. The molecule has 0 saturated heterocycles. The van der Waals surface area contributed by atoms with Crippen LogP contribution in [0.3, 0.4) is 0 Å². The quantitative estimate of drug-likeness (QED) is 0.687. The van der Waals surface area contributed by atoms with Crippen molar-refractivity contribution in [1.29, 1.82) is 0 Å². The number of hydrogen-bond acceptors (Lipinski definition) is 3. The van der Waals surface area contributed by atoms with Gasteiger partial charge >= 0.3 is 0 Å². The minimum atomic E-state index is 0.0197. The lowest BCUT2D eigenvalue weighted by Crippen LogP contribution is -2.27. The minimum Gasteiger partial charge on any atom is -0.399 e. The molecule has 0 saturated carbocycles. The Kier molecular flexibility index (Phi) is 3.68. The van der Waals surface area contributed by atoms with Crippen molar-refractivity contribution < 1.29 is 0 Å². The van der Waals surface area contributed by atoms with E-state index >= 15 is 0 Å². The van der Waals surface area contributed by atoms with Crippen molar-refractivity contribution in [2.45, 2.75) is 33.2 Å². The van der Waals surface area contributed by atoms with E-state index < -0.39 is 0 Å². The number of aromatic nitrogens is 2. The van der Waals surface area contributed by atoms with Crippen LogP contribution >= 0.6 is 0 Å². The van der Waals surface area contributed by atoms with Crippen molar-refractivity contribution in [3.8, 4) is 0 Å². The van der Waals surface area contributed by atoms with E-state index in [0.29, 0.717) is 23.1 Å². The number of allylic oxidation sites excluding steroid dienone is 1. The number of rotatable bonds is 1. The van der Waals surface area contributed by atoms with Gasteiger partial charge in [-0.1, -0.05) is 23.8 Å². The fourth-order valence-corrected chi connectivity index (χ4v) is 3.54. The second-order valence-electron chi connectivity index (χ2n) is 6.80. The maximum atomic E-state index is 12.8. The molecule has 126 valence electrons. The first-order valence-electron chi connectivity index (χ1n) is 8.61. The van der Waals surface area contributed by atoms with Crippen LogP contribution in [0.1, 0.15) is 35.4 Å². The molecule has 0 amide bonds.